The summed E-state index contributed by atoms with van der Waals surface area (Å²) < 4.78 is 5.14. The second kappa shape index (κ2) is 12.9. The fourth-order valence-electron chi connectivity index (χ4n) is 4.31. The van der Waals surface area contributed by atoms with Gasteiger partial charge in [0, 0.05) is 34.9 Å². The first-order chi connectivity index (χ1) is 17.3. The van der Waals surface area contributed by atoms with Crippen molar-refractivity contribution in [2.45, 2.75) is 45.6 Å². The summed E-state index contributed by atoms with van der Waals surface area (Å²) in [5.41, 5.74) is 5.00. The van der Waals surface area contributed by atoms with Crippen LogP contribution in [0.2, 0.25) is 0 Å². The molecule has 2 aromatic carbocycles. The summed E-state index contributed by atoms with van der Waals surface area (Å²) in [6.45, 7) is 9.58. The van der Waals surface area contributed by atoms with Crippen LogP contribution in [0.3, 0.4) is 0 Å². The summed E-state index contributed by atoms with van der Waals surface area (Å²) in [7, 11) is 2.20. The van der Waals surface area contributed by atoms with E-state index in [1.54, 1.807) is 36.4 Å². The highest BCUT2D eigenvalue weighted by molar-refractivity contribution is 5.92. The van der Waals surface area contributed by atoms with Crippen LogP contribution in [0.15, 0.2) is 61.2 Å². The third-order valence-electron chi connectivity index (χ3n) is 6.54. The van der Waals surface area contributed by atoms with Crippen molar-refractivity contribution < 1.29 is 19.4 Å². The van der Waals surface area contributed by atoms with Crippen LogP contribution in [0, 0.1) is 5.92 Å². The number of amides is 1. The van der Waals surface area contributed by atoms with Gasteiger partial charge in [-0.3, -0.25) is 5.32 Å². The predicted octanol–water partition coefficient (Wildman–Crippen LogP) is 6.12. The number of aryl methyl sites for hydroxylation is 1. The van der Waals surface area contributed by atoms with E-state index in [9.17, 15) is 9.59 Å². The minimum Gasteiger partial charge on any atom is -0.478 e. The van der Waals surface area contributed by atoms with Crippen LogP contribution in [0.5, 0.6) is 0 Å². The van der Waals surface area contributed by atoms with E-state index < -0.39 is 12.1 Å². The molecule has 192 valence electrons. The van der Waals surface area contributed by atoms with Gasteiger partial charge in [-0.2, -0.15) is 0 Å². The Balaban J connectivity index is 0.000000338. The lowest BCUT2D eigenvalue weighted by Crippen LogP contribution is -2.33. The topological polar surface area (TPSA) is 94.7 Å². The lowest BCUT2D eigenvalue weighted by Gasteiger charge is -2.29. The highest BCUT2D eigenvalue weighted by Gasteiger charge is 2.24. The average molecular weight is 492 g/mol. The van der Waals surface area contributed by atoms with Crippen LogP contribution in [-0.2, 0) is 17.6 Å². The summed E-state index contributed by atoms with van der Waals surface area (Å²) in [4.78, 5) is 28.1. The van der Waals surface area contributed by atoms with Crippen LogP contribution in [0.4, 0.5) is 10.5 Å². The molecule has 0 radical (unpaired) electrons. The fourth-order valence-corrected chi connectivity index (χ4v) is 4.31. The van der Waals surface area contributed by atoms with Gasteiger partial charge in [0.2, 0.25) is 0 Å². The summed E-state index contributed by atoms with van der Waals surface area (Å²) in [5, 5.41) is 12.4. The second-order valence-corrected chi connectivity index (χ2v) is 9.49. The quantitative estimate of drug-likeness (QED) is 0.261. The number of nitrogens with one attached hydrogen (secondary N) is 2. The molecule has 3 N–H and O–H groups in total. The zero-order valence-corrected chi connectivity index (χ0v) is 21.4. The fraction of sp³-hybridized carbons (Fsp3) is 0.379. The normalized spacial score (nSPS) is 14.6. The van der Waals surface area contributed by atoms with Gasteiger partial charge in [-0.25, -0.2) is 9.59 Å². The van der Waals surface area contributed by atoms with Gasteiger partial charge in [0.15, 0.2) is 0 Å². The van der Waals surface area contributed by atoms with E-state index in [0.717, 1.165) is 30.6 Å². The van der Waals surface area contributed by atoms with E-state index in [2.05, 4.69) is 48.7 Å². The molecule has 0 aliphatic heterocycles. The minimum atomic E-state index is -0.879. The maximum Gasteiger partial charge on any atom is 0.411 e. The Labute approximate surface area is 213 Å². The molecule has 1 amide bonds. The number of carbonyl (C=O) groups excluding carboxylic acids is 1. The van der Waals surface area contributed by atoms with Gasteiger partial charge < -0.3 is 19.7 Å². The number of carboxylic acid groups (broad SMARTS) is 1. The zero-order chi connectivity index (χ0) is 26.1. The summed E-state index contributed by atoms with van der Waals surface area (Å²) in [6.07, 6.45) is 5.37. The van der Waals surface area contributed by atoms with Crippen molar-refractivity contribution in [3.8, 4) is 0 Å². The first-order valence-electron chi connectivity index (χ1n) is 12.4. The van der Waals surface area contributed by atoms with Gasteiger partial charge in [0.25, 0.3) is 0 Å². The number of hydrogen-bond acceptors (Lipinski definition) is 4. The van der Waals surface area contributed by atoms with Crippen molar-refractivity contribution in [3.05, 3.63) is 78.0 Å². The smallest absolute Gasteiger partial charge is 0.411 e. The molecule has 1 aliphatic rings. The summed E-state index contributed by atoms with van der Waals surface area (Å²) in [6, 6.07) is 14.9. The standard InChI is InChI=1S/C22H31N3O2.C7H6O2/c1-5-6-11-27-22(26)23-17-8-10-21-19(13-17)18-12-16(7-9-20(18)24-21)14-25(4)15(2)3;8-7(9)6-4-2-1-3-5-6/h5,8,10,13,15-16,24H,1,6-7,9,11-12,14H2,2-4H3,(H,23,26);1-5H,(H,8,9). The molecule has 7 nitrogen and oxygen atoms in total. The molecule has 0 saturated carbocycles. The number of carboxylic acids is 1. The maximum absolute atomic E-state index is 11.9. The molecular formula is C29H37N3O4. The van der Waals surface area contributed by atoms with Crippen molar-refractivity contribution in [3.63, 3.8) is 0 Å². The molecule has 0 fully saturated rings. The van der Waals surface area contributed by atoms with E-state index in [-0.39, 0.29) is 0 Å². The number of anilines is 1. The third kappa shape index (κ3) is 7.46. The Morgan fingerprint density at radius 3 is 2.64 bits per heavy atom. The molecular weight excluding hydrogens is 454 g/mol. The number of nitrogens with zero attached hydrogens (tertiary/aromatic N) is 1. The molecule has 1 atom stereocenters. The predicted molar refractivity (Wildman–Crippen MR) is 145 cm³/mol. The van der Waals surface area contributed by atoms with Crippen LogP contribution >= 0.6 is 0 Å². The lowest BCUT2D eigenvalue weighted by molar-refractivity contribution is 0.0696. The number of hydrogen-bond donors (Lipinski definition) is 3. The number of fused-ring (bicyclic) bond motifs is 3. The monoisotopic (exact) mass is 491 g/mol. The van der Waals surface area contributed by atoms with Crippen molar-refractivity contribution in [2.24, 2.45) is 5.92 Å². The molecule has 1 unspecified atom stereocenters. The molecule has 0 bridgehead atoms. The Hall–Kier alpha value is -3.58. The zero-order valence-electron chi connectivity index (χ0n) is 21.4. The number of rotatable bonds is 8. The van der Waals surface area contributed by atoms with E-state index in [1.807, 2.05) is 12.1 Å². The van der Waals surface area contributed by atoms with Gasteiger partial charge >= 0.3 is 12.1 Å². The minimum absolute atomic E-state index is 0.331. The van der Waals surface area contributed by atoms with Gasteiger partial charge in [-0.1, -0.05) is 24.3 Å². The molecule has 1 aliphatic carbocycles. The Morgan fingerprint density at radius 2 is 2.00 bits per heavy atom. The highest BCUT2D eigenvalue weighted by atomic mass is 16.5. The number of aromatic carboxylic acids is 1. The van der Waals surface area contributed by atoms with Crippen LogP contribution < -0.4 is 5.32 Å². The Kier molecular flexibility index (Phi) is 9.70. The number of aromatic amines is 1. The van der Waals surface area contributed by atoms with Crippen LogP contribution in [0.25, 0.3) is 10.9 Å². The highest BCUT2D eigenvalue weighted by Crippen LogP contribution is 2.33. The van der Waals surface area contributed by atoms with Crippen LogP contribution in [-0.4, -0.2) is 53.3 Å². The third-order valence-corrected chi connectivity index (χ3v) is 6.54. The maximum atomic E-state index is 11.9. The number of H-pyrrole nitrogens is 1. The summed E-state index contributed by atoms with van der Waals surface area (Å²) in [5.74, 6) is -0.208. The van der Waals surface area contributed by atoms with Gasteiger partial charge in [0.05, 0.1) is 12.2 Å². The molecule has 0 spiro atoms. The number of carbonyl (C=O) groups is 2. The van der Waals surface area contributed by atoms with E-state index in [1.165, 1.54) is 23.1 Å². The van der Waals surface area contributed by atoms with Crippen molar-refractivity contribution >= 4 is 28.7 Å². The largest absolute Gasteiger partial charge is 0.478 e. The van der Waals surface area contributed by atoms with Gasteiger partial charge in [-0.15, -0.1) is 6.58 Å². The molecule has 1 heterocycles. The van der Waals surface area contributed by atoms with Gasteiger partial charge in [0.1, 0.15) is 0 Å². The van der Waals surface area contributed by atoms with Gasteiger partial charge in [-0.05, 0) is 88.4 Å². The van der Waals surface area contributed by atoms with E-state index in [0.29, 0.717) is 30.6 Å². The van der Waals surface area contributed by atoms with Crippen LogP contribution in [0.1, 0.15) is 48.3 Å². The Bertz CT molecular complexity index is 1170. The van der Waals surface area contributed by atoms with E-state index in [4.69, 9.17) is 9.84 Å². The number of benzene rings is 2. The molecule has 3 aromatic rings. The second-order valence-electron chi connectivity index (χ2n) is 9.49. The summed E-state index contributed by atoms with van der Waals surface area (Å²) >= 11 is 0. The molecule has 36 heavy (non-hydrogen) atoms. The molecule has 0 saturated heterocycles. The van der Waals surface area contributed by atoms with Crippen molar-refractivity contribution in [1.82, 2.24) is 9.88 Å². The number of aromatic nitrogens is 1. The van der Waals surface area contributed by atoms with Crippen molar-refractivity contribution in [1.29, 1.82) is 0 Å². The molecule has 1 aromatic heterocycles. The molecule has 7 heteroatoms. The lowest BCUT2D eigenvalue weighted by atomic mass is 9.86. The Morgan fingerprint density at radius 1 is 1.25 bits per heavy atom. The van der Waals surface area contributed by atoms with Crippen molar-refractivity contribution in [2.75, 3.05) is 25.5 Å². The SMILES string of the molecule is C=CCCOC(=O)Nc1ccc2[nH]c3c(c2c1)CC(CN(C)C(C)C)CC3.O=C(O)c1ccccc1. The first kappa shape index (κ1) is 27.0. The first-order valence-corrected chi connectivity index (χ1v) is 12.4. The number of ether oxygens (including phenoxy) is 1. The molecule has 4 rings (SSSR count). The van der Waals surface area contributed by atoms with E-state index >= 15 is 0 Å². The average Bonchev–Trinajstić information content (AvgIpc) is 3.22.